The van der Waals surface area contributed by atoms with Crippen molar-refractivity contribution in [2.75, 3.05) is 5.32 Å². The Bertz CT molecular complexity index is 509. The third-order valence-electron chi connectivity index (χ3n) is 4.59. The molecule has 1 amide bonds. The summed E-state index contributed by atoms with van der Waals surface area (Å²) in [5.74, 6) is 0.684. The van der Waals surface area contributed by atoms with Gasteiger partial charge < -0.3 is 10.6 Å². The van der Waals surface area contributed by atoms with Crippen LogP contribution in [0.15, 0.2) is 6.20 Å². The first-order chi connectivity index (χ1) is 11.3. The van der Waals surface area contributed by atoms with Crippen molar-refractivity contribution in [1.29, 1.82) is 5.26 Å². The van der Waals surface area contributed by atoms with Crippen molar-refractivity contribution in [2.45, 2.75) is 76.2 Å². The molecule has 0 radical (unpaired) electrons. The molecule has 1 heterocycles. The van der Waals surface area contributed by atoms with Crippen molar-refractivity contribution < 1.29 is 7.65 Å². The number of aromatic nitrogens is 1. The molecule has 23 heavy (non-hydrogen) atoms. The standard InChI is InChI=1S/C10H14N2OS.C7H12N2.2H2/c13-7-12-10-11-6-9(14-10)8-4-2-1-3-5-8;8-6-9-7-4-2-1-3-5-7;;/h6-8H,1-5H2,(H,11,12,13);7,9H,1-5H2;2*1H. The van der Waals surface area contributed by atoms with Crippen LogP contribution in [0.25, 0.3) is 0 Å². The van der Waals surface area contributed by atoms with Gasteiger partial charge in [0.05, 0.1) is 0 Å². The average molecular weight is 339 g/mol. The summed E-state index contributed by atoms with van der Waals surface area (Å²) in [6.45, 7) is 0. The van der Waals surface area contributed by atoms with Crippen molar-refractivity contribution in [2.24, 2.45) is 0 Å². The monoisotopic (exact) mass is 338 g/mol. The van der Waals surface area contributed by atoms with Gasteiger partial charge in [-0.1, -0.05) is 38.5 Å². The number of nitriles is 1. The Morgan fingerprint density at radius 3 is 2.43 bits per heavy atom. The molecule has 2 aliphatic carbocycles. The SMILES string of the molecule is N#CNC1CCCCC1.O=CNc1ncc(C2CCCCC2)s1.[HH].[HH]. The summed E-state index contributed by atoms with van der Waals surface area (Å²) in [5, 5.41) is 14.4. The van der Waals surface area contributed by atoms with Gasteiger partial charge in [0, 0.05) is 20.0 Å². The number of thiazole rings is 1. The maximum atomic E-state index is 10.2. The van der Waals surface area contributed by atoms with Crippen molar-refractivity contribution in [3.63, 3.8) is 0 Å². The van der Waals surface area contributed by atoms with Gasteiger partial charge in [0.15, 0.2) is 11.3 Å². The van der Waals surface area contributed by atoms with E-state index in [1.54, 1.807) is 11.3 Å². The molecule has 2 fully saturated rings. The minimum Gasteiger partial charge on any atom is -0.321 e. The van der Waals surface area contributed by atoms with E-state index in [-0.39, 0.29) is 2.85 Å². The van der Waals surface area contributed by atoms with Gasteiger partial charge in [-0.05, 0) is 31.6 Å². The van der Waals surface area contributed by atoms with E-state index in [2.05, 4.69) is 15.6 Å². The Labute approximate surface area is 145 Å². The molecule has 1 aromatic heterocycles. The quantitative estimate of drug-likeness (QED) is 0.476. The van der Waals surface area contributed by atoms with Gasteiger partial charge >= 0.3 is 0 Å². The molecule has 2 N–H and O–H groups in total. The first-order valence-corrected chi connectivity index (χ1v) is 9.45. The molecule has 3 rings (SSSR count). The molecule has 0 atom stereocenters. The number of anilines is 1. The van der Waals surface area contributed by atoms with E-state index < -0.39 is 0 Å². The number of nitrogens with zero attached hydrogens (tertiary/aromatic N) is 2. The Hall–Kier alpha value is -1.61. The molecule has 2 saturated carbocycles. The lowest BCUT2D eigenvalue weighted by molar-refractivity contribution is -0.105. The molecular weight excluding hydrogens is 308 g/mol. The highest BCUT2D eigenvalue weighted by molar-refractivity contribution is 7.15. The first kappa shape index (κ1) is 17.7. The van der Waals surface area contributed by atoms with Gasteiger partial charge in [-0.15, -0.1) is 11.3 Å². The summed E-state index contributed by atoms with van der Waals surface area (Å²) in [6.07, 6.45) is 17.5. The second-order valence-corrected chi connectivity index (χ2v) is 7.32. The van der Waals surface area contributed by atoms with Crippen LogP contribution >= 0.6 is 11.3 Å². The van der Waals surface area contributed by atoms with E-state index in [1.807, 2.05) is 12.4 Å². The lowest BCUT2D eigenvalue weighted by Crippen LogP contribution is -2.26. The van der Waals surface area contributed by atoms with E-state index in [1.165, 1.54) is 69.1 Å². The molecule has 0 unspecified atom stereocenters. The fraction of sp³-hybridized carbons (Fsp3) is 0.706. The Morgan fingerprint density at radius 1 is 1.17 bits per heavy atom. The number of rotatable bonds is 4. The maximum Gasteiger partial charge on any atom is 0.213 e. The number of hydrogen-bond acceptors (Lipinski definition) is 5. The molecule has 0 aromatic carbocycles. The van der Waals surface area contributed by atoms with Gasteiger partial charge in [0.1, 0.15) is 0 Å². The topological polar surface area (TPSA) is 77.8 Å². The summed E-state index contributed by atoms with van der Waals surface area (Å²) in [5.41, 5.74) is 0. The summed E-state index contributed by atoms with van der Waals surface area (Å²) in [6, 6.07) is 0.490. The van der Waals surface area contributed by atoms with E-state index in [0.29, 0.717) is 18.4 Å². The molecular formula is C17H30N4OS. The summed E-state index contributed by atoms with van der Waals surface area (Å²) >= 11 is 1.61. The fourth-order valence-corrected chi connectivity index (χ4v) is 4.26. The molecule has 1 aromatic rings. The van der Waals surface area contributed by atoms with E-state index in [0.717, 1.165) is 5.13 Å². The molecule has 0 aliphatic heterocycles. The van der Waals surface area contributed by atoms with Crippen LogP contribution in [0.1, 0.15) is 77.9 Å². The third kappa shape index (κ3) is 6.19. The predicted octanol–water partition coefficient (Wildman–Crippen LogP) is 4.64. The highest BCUT2D eigenvalue weighted by Gasteiger charge is 2.17. The molecule has 5 nitrogen and oxygen atoms in total. The molecule has 2 aliphatic rings. The fourth-order valence-electron chi connectivity index (χ4n) is 3.32. The van der Waals surface area contributed by atoms with Crippen molar-refractivity contribution >= 4 is 22.9 Å². The van der Waals surface area contributed by atoms with Crippen LogP contribution in [0, 0.1) is 11.5 Å². The van der Waals surface area contributed by atoms with Gasteiger partial charge in [-0.25, -0.2) is 4.98 Å². The second kappa shape index (κ2) is 10.2. The summed E-state index contributed by atoms with van der Waals surface area (Å²) in [7, 11) is 0. The largest absolute Gasteiger partial charge is 0.321 e. The van der Waals surface area contributed by atoms with Crippen LogP contribution in [0.3, 0.4) is 0 Å². The highest BCUT2D eigenvalue weighted by Crippen LogP contribution is 2.36. The van der Waals surface area contributed by atoms with Crippen molar-refractivity contribution in [3.05, 3.63) is 11.1 Å². The van der Waals surface area contributed by atoms with Crippen LogP contribution in [0.2, 0.25) is 0 Å². The first-order valence-electron chi connectivity index (χ1n) is 8.64. The third-order valence-corrected chi connectivity index (χ3v) is 5.68. The molecule has 0 bridgehead atoms. The Balaban J connectivity index is 0.000000462. The van der Waals surface area contributed by atoms with E-state index >= 15 is 0 Å². The Morgan fingerprint density at radius 2 is 1.83 bits per heavy atom. The molecule has 6 heteroatoms. The van der Waals surface area contributed by atoms with Crippen LogP contribution < -0.4 is 10.6 Å². The minimum atomic E-state index is 0. The smallest absolute Gasteiger partial charge is 0.213 e. The zero-order valence-electron chi connectivity index (χ0n) is 13.6. The number of hydrogen-bond donors (Lipinski definition) is 2. The van der Waals surface area contributed by atoms with Gasteiger partial charge in [-0.2, -0.15) is 5.26 Å². The van der Waals surface area contributed by atoms with Crippen LogP contribution in [0.5, 0.6) is 0 Å². The summed E-state index contributed by atoms with van der Waals surface area (Å²) in [4.78, 5) is 15.7. The zero-order valence-corrected chi connectivity index (χ0v) is 14.4. The van der Waals surface area contributed by atoms with Crippen LogP contribution in [-0.2, 0) is 4.79 Å². The van der Waals surface area contributed by atoms with E-state index in [9.17, 15) is 4.79 Å². The van der Waals surface area contributed by atoms with Gasteiger partial charge in [0.25, 0.3) is 0 Å². The maximum absolute atomic E-state index is 10.2. The minimum absolute atomic E-state index is 0. The van der Waals surface area contributed by atoms with Crippen LogP contribution in [-0.4, -0.2) is 17.4 Å². The average Bonchev–Trinajstić information content (AvgIpc) is 3.07. The summed E-state index contributed by atoms with van der Waals surface area (Å²) < 4.78 is 0. The normalized spacial score (nSPS) is 19.1. The van der Waals surface area contributed by atoms with Gasteiger partial charge in [-0.3, -0.25) is 4.79 Å². The van der Waals surface area contributed by atoms with Gasteiger partial charge in [0.2, 0.25) is 6.41 Å². The number of amides is 1. The second-order valence-electron chi connectivity index (χ2n) is 6.26. The highest BCUT2D eigenvalue weighted by atomic mass is 32.1. The predicted molar refractivity (Wildman–Crippen MR) is 97.5 cm³/mol. The number of carbonyl (C=O) groups is 1. The Kier molecular flexibility index (Phi) is 7.88. The molecule has 130 valence electrons. The van der Waals surface area contributed by atoms with E-state index in [4.69, 9.17) is 5.26 Å². The number of nitrogens with one attached hydrogen (secondary N) is 2. The lowest BCUT2D eigenvalue weighted by atomic mass is 9.89. The van der Waals surface area contributed by atoms with Crippen molar-refractivity contribution in [3.8, 4) is 6.19 Å². The number of carbonyl (C=O) groups excluding carboxylic acids is 1. The van der Waals surface area contributed by atoms with Crippen LogP contribution in [0.4, 0.5) is 5.13 Å². The lowest BCUT2D eigenvalue weighted by Gasteiger charge is -2.19. The molecule has 0 saturated heterocycles. The molecule has 0 spiro atoms. The van der Waals surface area contributed by atoms with Crippen molar-refractivity contribution in [1.82, 2.24) is 10.3 Å². The zero-order chi connectivity index (χ0) is 16.3.